The molecule has 8 nitrogen and oxygen atoms in total. The fourth-order valence-electron chi connectivity index (χ4n) is 4.06. The molecule has 5 rings (SSSR count). The zero-order valence-electron chi connectivity index (χ0n) is 16.0. The molecule has 4 heterocycles. The minimum absolute atomic E-state index is 0.316. The number of anilines is 1. The van der Waals surface area contributed by atoms with Gasteiger partial charge in [0.1, 0.15) is 11.6 Å². The first kappa shape index (κ1) is 18.0. The van der Waals surface area contributed by atoms with Crippen molar-refractivity contribution >= 4 is 11.6 Å². The molecule has 2 aliphatic heterocycles. The Labute approximate surface area is 166 Å². The van der Waals surface area contributed by atoms with Gasteiger partial charge < -0.3 is 15.2 Å². The Morgan fingerprint density at radius 1 is 1.17 bits per heavy atom. The Morgan fingerprint density at radius 2 is 2.10 bits per heavy atom. The van der Waals surface area contributed by atoms with E-state index in [4.69, 9.17) is 0 Å². The molecule has 1 amide bonds. The maximum Gasteiger partial charge on any atom is 0.276 e. The second-order valence-electron chi connectivity index (χ2n) is 7.51. The van der Waals surface area contributed by atoms with E-state index in [2.05, 4.69) is 31.0 Å². The third-order valence-electron chi connectivity index (χ3n) is 5.60. The summed E-state index contributed by atoms with van der Waals surface area (Å²) in [6, 6.07) is 4.52. The first-order valence-corrected chi connectivity index (χ1v) is 10.0. The summed E-state index contributed by atoms with van der Waals surface area (Å²) in [4.78, 5) is 12.8. The van der Waals surface area contributed by atoms with Gasteiger partial charge in [-0.3, -0.25) is 9.89 Å². The van der Waals surface area contributed by atoms with Crippen molar-refractivity contribution in [1.29, 1.82) is 0 Å². The average molecular weight is 395 g/mol. The molecule has 0 fully saturated rings. The predicted octanol–water partition coefficient (Wildman–Crippen LogP) is 2.43. The number of nitrogens with zero attached hydrogens (tertiary/aromatic N) is 4. The Balaban J connectivity index is 1.44. The number of halogens is 1. The predicted molar refractivity (Wildman–Crippen MR) is 105 cm³/mol. The van der Waals surface area contributed by atoms with Crippen LogP contribution in [0.4, 0.5) is 10.1 Å². The van der Waals surface area contributed by atoms with Crippen molar-refractivity contribution < 1.29 is 9.18 Å². The van der Waals surface area contributed by atoms with E-state index in [-0.39, 0.29) is 11.7 Å². The molecule has 29 heavy (non-hydrogen) atoms. The van der Waals surface area contributed by atoms with E-state index in [1.54, 1.807) is 12.1 Å². The topological polar surface area (TPSA) is 101 Å². The highest BCUT2D eigenvalue weighted by molar-refractivity contribution is 6.04. The summed E-state index contributed by atoms with van der Waals surface area (Å²) < 4.78 is 16.6. The van der Waals surface area contributed by atoms with Crippen molar-refractivity contribution in [2.45, 2.75) is 45.2 Å². The number of nitrogens with one attached hydrogen (secondary N) is 3. The second kappa shape index (κ2) is 7.40. The normalized spacial score (nSPS) is 16.0. The van der Waals surface area contributed by atoms with Gasteiger partial charge in [-0.05, 0) is 31.0 Å². The number of H-pyrrole nitrogens is 1. The van der Waals surface area contributed by atoms with E-state index in [1.807, 2.05) is 4.57 Å². The smallest absolute Gasteiger partial charge is 0.276 e. The van der Waals surface area contributed by atoms with Crippen LogP contribution < -0.4 is 10.6 Å². The van der Waals surface area contributed by atoms with E-state index in [0.717, 1.165) is 62.3 Å². The molecule has 0 atom stereocenters. The Kier molecular flexibility index (Phi) is 4.59. The number of carbonyl (C=O) groups is 1. The van der Waals surface area contributed by atoms with Crippen molar-refractivity contribution in [2.24, 2.45) is 0 Å². The number of amides is 1. The van der Waals surface area contributed by atoms with Crippen LogP contribution in [0.15, 0.2) is 18.2 Å². The van der Waals surface area contributed by atoms with Crippen molar-refractivity contribution in [1.82, 2.24) is 30.3 Å². The first-order valence-electron chi connectivity index (χ1n) is 10.0. The number of hydrogen-bond donors (Lipinski definition) is 3. The van der Waals surface area contributed by atoms with E-state index < -0.39 is 0 Å². The number of aromatic amines is 1. The average Bonchev–Trinajstić information content (AvgIpc) is 3.27. The van der Waals surface area contributed by atoms with Crippen molar-refractivity contribution in [3.05, 3.63) is 46.8 Å². The number of benzene rings is 1. The molecule has 9 heteroatoms. The lowest BCUT2D eigenvalue weighted by molar-refractivity contribution is 0.102. The number of aromatic nitrogens is 5. The number of rotatable bonds is 3. The summed E-state index contributed by atoms with van der Waals surface area (Å²) in [5.74, 6) is 0.700. The zero-order valence-corrected chi connectivity index (χ0v) is 16.0. The minimum Gasteiger partial charge on any atom is -0.321 e. The molecule has 3 N–H and O–H groups in total. The van der Waals surface area contributed by atoms with Crippen LogP contribution in [0.25, 0.3) is 11.4 Å². The molecule has 2 aliphatic rings. The van der Waals surface area contributed by atoms with Crippen LogP contribution in [0.1, 0.15) is 46.8 Å². The molecule has 1 aromatic carbocycles. The van der Waals surface area contributed by atoms with Gasteiger partial charge in [0.05, 0.1) is 5.56 Å². The van der Waals surface area contributed by atoms with Crippen LogP contribution in [0.2, 0.25) is 0 Å². The second-order valence-corrected chi connectivity index (χ2v) is 7.51. The van der Waals surface area contributed by atoms with Gasteiger partial charge in [0.2, 0.25) is 0 Å². The van der Waals surface area contributed by atoms with Gasteiger partial charge in [-0.25, -0.2) is 4.39 Å². The maximum atomic E-state index is 14.6. The lowest BCUT2D eigenvalue weighted by Gasteiger charge is -2.13. The molecule has 0 saturated carbocycles. The summed E-state index contributed by atoms with van der Waals surface area (Å²) in [5, 5.41) is 21.7. The minimum atomic E-state index is -0.385. The monoisotopic (exact) mass is 395 g/mol. The third kappa shape index (κ3) is 3.31. The highest BCUT2D eigenvalue weighted by Gasteiger charge is 2.23. The summed E-state index contributed by atoms with van der Waals surface area (Å²) in [7, 11) is 0. The highest BCUT2D eigenvalue weighted by atomic mass is 19.1. The molecular weight excluding hydrogens is 373 g/mol. The van der Waals surface area contributed by atoms with E-state index in [1.165, 1.54) is 6.07 Å². The molecule has 0 bridgehead atoms. The number of fused-ring (bicyclic) bond motifs is 2. The van der Waals surface area contributed by atoms with Gasteiger partial charge in [0.15, 0.2) is 11.5 Å². The van der Waals surface area contributed by atoms with Crippen LogP contribution >= 0.6 is 0 Å². The molecule has 0 unspecified atom stereocenters. The summed E-state index contributed by atoms with van der Waals surface area (Å²) >= 11 is 0. The Hall–Kier alpha value is -3.07. The Bertz CT molecular complexity index is 1070. The van der Waals surface area contributed by atoms with Crippen LogP contribution in [0.3, 0.4) is 0 Å². The van der Waals surface area contributed by atoms with Gasteiger partial charge in [-0.15, -0.1) is 10.2 Å². The van der Waals surface area contributed by atoms with Crippen molar-refractivity contribution in [2.75, 3.05) is 11.9 Å². The summed E-state index contributed by atoms with van der Waals surface area (Å²) in [6.07, 6.45) is 4.88. The molecule has 3 aromatic rings. The van der Waals surface area contributed by atoms with Crippen LogP contribution in [-0.4, -0.2) is 37.4 Å². The van der Waals surface area contributed by atoms with Crippen LogP contribution in [0.5, 0.6) is 0 Å². The van der Waals surface area contributed by atoms with Crippen molar-refractivity contribution in [3.63, 3.8) is 0 Å². The molecular formula is C20H22FN7O. The van der Waals surface area contributed by atoms with Crippen LogP contribution in [0, 0.1) is 5.82 Å². The van der Waals surface area contributed by atoms with Gasteiger partial charge in [0.25, 0.3) is 5.91 Å². The van der Waals surface area contributed by atoms with Gasteiger partial charge in [-0.2, -0.15) is 5.10 Å². The zero-order chi connectivity index (χ0) is 19.8. The van der Waals surface area contributed by atoms with E-state index in [9.17, 15) is 9.18 Å². The summed E-state index contributed by atoms with van der Waals surface area (Å²) in [6.45, 7) is 2.25. The van der Waals surface area contributed by atoms with E-state index >= 15 is 0 Å². The lowest BCUT2D eigenvalue weighted by atomic mass is 10.1. The summed E-state index contributed by atoms with van der Waals surface area (Å²) in [5.41, 5.74) is 3.08. The Morgan fingerprint density at radius 3 is 3.03 bits per heavy atom. The number of hydrogen-bond acceptors (Lipinski definition) is 5. The quantitative estimate of drug-likeness (QED) is 0.632. The first-order chi connectivity index (χ1) is 14.2. The lowest BCUT2D eigenvalue weighted by Crippen LogP contribution is -2.25. The molecule has 0 spiro atoms. The fourth-order valence-corrected chi connectivity index (χ4v) is 4.06. The largest absolute Gasteiger partial charge is 0.321 e. The van der Waals surface area contributed by atoms with Crippen molar-refractivity contribution in [3.8, 4) is 11.4 Å². The van der Waals surface area contributed by atoms with Gasteiger partial charge in [-0.1, -0.05) is 6.42 Å². The number of carbonyl (C=O) groups excluding carboxylic acids is 1. The SMILES string of the molecule is O=C(Nc1ccc(F)c(-c2nnc3n2CCCCC3)c1)c1n[nH]c2c1CNCC2. The highest BCUT2D eigenvalue weighted by Crippen LogP contribution is 2.28. The standard InChI is InChI=1S/C20H22FN7O/c21-15-6-5-12(23-20(29)18-14-11-22-8-7-16(14)24-26-18)10-13(15)19-27-25-17-4-2-1-3-9-28(17)19/h5-6,10,22H,1-4,7-9,11H2,(H,23,29)(H,24,26). The van der Waals surface area contributed by atoms with Crippen LogP contribution in [-0.2, 0) is 25.9 Å². The molecule has 0 aliphatic carbocycles. The molecule has 0 saturated heterocycles. The maximum absolute atomic E-state index is 14.6. The van der Waals surface area contributed by atoms with Gasteiger partial charge in [0, 0.05) is 49.4 Å². The molecule has 0 radical (unpaired) electrons. The molecule has 2 aromatic heterocycles. The van der Waals surface area contributed by atoms with E-state index in [0.29, 0.717) is 29.3 Å². The van der Waals surface area contributed by atoms with Gasteiger partial charge >= 0.3 is 0 Å². The third-order valence-corrected chi connectivity index (χ3v) is 5.60. The number of aryl methyl sites for hydroxylation is 1. The fraction of sp³-hybridized carbons (Fsp3) is 0.400. The molecule has 150 valence electrons.